The second-order valence-electron chi connectivity index (χ2n) is 12.5. The highest BCUT2D eigenvalue weighted by atomic mass is 16.3. The van der Waals surface area contributed by atoms with E-state index in [-0.39, 0.29) is 5.56 Å². The smallest absolute Gasteiger partial charge is 0.216 e. The second-order valence-corrected chi connectivity index (χ2v) is 12.5. The van der Waals surface area contributed by atoms with Crippen LogP contribution < -0.4 is 4.57 Å². The first-order valence-corrected chi connectivity index (χ1v) is 15.6. The molecule has 0 aliphatic heterocycles. The van der Waals surface area contributed by atoms with Crippen LogP contribution in [0.25, 0.3) is 44.3 Å². The van der Waals surface area contributed by atoms with Crippen molar-refractivity contribution < 1.29 is 14.5 Å². The molecule has 2 aliphatic rings. The van der Waals surface area contributed by atoms with Crippen LogP contribution >= 0.6 is 0 Å². The number of rotatable bonds is 4. The van der Waals surface area contributed by atoms with Crippen molar-refractivity contribution in [3.63, 3.8) is 0 Å². The van der Waals surface area contributed by atoms with Crippen molar-refractivity contribution in [2.45, 2.75) is 77.5 Å². The Balaban J connectivity index is 1.27. The van der Waals surface area contributed by atoms with Crippen molar-refractivity contribution in [2.75, 3.05) is 0 Å². The van der Waals surface area contributed by atoms with Crippen LogP contribution in [0.3, 0.4) is 0 Å². The van der Waals surface area contributed by atoms with Crippen LogP contribution in [-0.4, -0.2) is 0 Å². The first-order chi connectivity index (χ1) is 22.1. The molecule has 0 atom stereocenters. The van der Waals surface area contributed by atoms with Crippen LogP contribution in [0.5, 0.6) is 0 Å². The molecule has 0 spiro atoms. The third-order valence-corrected chi connectivity index (χ3v) is 10.1. The molecule has 0 N–H and O–H groups in total. The van der Waals surface area contributed by atoms with Crippen molar-refractivity contribution in [3.8, 4) is 28.5 Å². The van der Waals surface area contributed by atoms with Gasteiger partial charge in [-0.2, -0.15) is 5.26 Å². The Morgan fingerprint density at radius 3 is 2.19 bits per heavy atom. The Kier molecular flexibility index (Phi) is 5.97. The van der Waals surface area contributed by atoms with Crippen LogP contribution in [0.15, 0.2) is 71.3 Å². The van der Waals surface area contributed by atoms with E-state index in [0.29, 0.717) is 16.7 Å². The SMILES string of the molecule is [2H]C([2H])([2H])c1ccc(-c2c(C)ccc3c2oc2c(-c4ccc(C5([2H])CCC(C6CCCCC6)CC5)cc4)c(C#N)ccc23)[n+](C)c1. The van der Waals surface area contributed by atoms with Gasteiger partial charge >= 0.3 is 0 Å². The molecule has 0 radical (unpaired) electrons. The average molecular weight is 558 g/mol. The van der Waals surface area contributed by atoms with Gasteiger partial charge in [0.15, 0.2) is 6.20 Å². The van der Waals surface area contributed by atoms with Gasteiger partial charge in [-0.15, -0.1) is 0 Å². The number of fused-ring (bicyclic) bond motifs is 3. The van der Waals surface area contributed by atoms with Crippen molar-refractivity contribution in [3.05, 3.63) is 89.1 Å². The Hall–Kier alpha value is -3.90. The van der Waals surface area contributed by atoms with E-state index in [4.69, 9.17) is 8.53 Å². The number of aromatic nitrogens is 1. The zero-order valence-electron chi connectivity index (χ0n) is 28.7. The van der Waals surface area contributed by atoms with Gasteiger partial charge in [0.1, 0.15) is 18.2 Å². The van der Waals surface area contributed by atoms with Gasteiger partial charge in [0, 0.05) is 33.4 Å². The van der Waals surface area contributed by atoms with Gasteiger partial charge in [0.25, 0.3) is 0 Å². The molecule has 3 nitrogen and oxygen atoms in total. The quantitative estimate of drug-likeness (QED) is 0.206. The fourth-order valence-electron chi connectivity index (χ4n) is 7.79. The van der Waals surface area contributed by atoms with E-state index in [9.17, 15) is 6.63 Å². The van der Waals surface area contributed by atoms with Crippen LogP contribution in [0.4, 0.5) is 0 Å². The first kappa shape index (κ1) is 22.7. The van der Waals surface area contributed by atoms with E-state index in [2.05, 4.69) is 42.5 Å². The van der Waals surface area contributed by atoms with E-state index in [0.717, 1.165) is 81.8 Å². The highest BCUT2D eigenvalue weighted by molar-refractivity contribution is 6.14. The van der Waals surface area contributed by atoms with E-state index >= 15 is 0 Å². The molecule has 2 aliphatic carbocycles. The molecule has 0 amide bonds. The number of nitriles is 1. The Morgan fingerprint density at radius 2 is 1.50 bits per heavy atom. The molecule has 42 heavy (non-hydrogen) atoms. The predicted octanol–water partition coefficient (Wildman–Crippen LogP) is 10.1. The maximum Gasteiger partial charge on any atom is 0.216 e. The number of hydrogen-bond donors (Lipinski definition) is 0. The largest absolute Gasteiger partial charge is 0.454 e. The molecule has 3 aromatic carbocycles. The van der Waals surface area contributed by atoms with Gasteiger partial charge in [-0.1, -0.05) is 68.5 Å². The molecule has 2 fully saturated rings. The van der Waals surface area contributed by atoms with Gasteiger partial charge in [0.2, 0.25) is 5.69 Å². The van der Waals surface area contributed by atoms with Crippen LogP contribution in [-0.2, 0) is 7.05 Å². The summed E-state index contributed by atoms with van der Waals surface area (Å²) in [5.74, 6) is 1.07. The molecule has 212 valence electrons. The molecule has 2 saturated carbocycles. The highest BCUT2D eigenvalue weighted by Gasteiger charge is 2.29. The lowest BCUT2D eigenvalue weighted by atomic mass is 9.70. The third kappa shape index (κ3) is 4.72. The summed E-state index contributed by atoms with van der Waals surface area (Å²) < 4.78 is 41.5. The predicted molar refractivity (Wildman–Crippen MR) is 171 cm³/mol. The van der Waals surface area contributed by atoms with Gasteiger partial charge in [-0.25, -0.2) is 4.57 Å². The molecule has 3 heteroatoms. The van der Waals surface area contributed by atoms with Gasteiger partial charge in [-0.05, 0) is 92.1 Å². The molecule has 0 saturated heterocycles. The van der Waals surface area contributed by atoms with Crippen LogP contribution in [0.2, 0.25) is 0 Å². The van der Waals surface area contributed by atoms with Crippen molar-refractivity contribution in [1.29, 1.82) is 5.26 Å². The van der Waals surface area contributed by atoms with Crippen molar-refractivity contribution in [2.24, 2.45) is 18.9 Å². The summed E-state index contributed by atoms with van der Waals surface area (Å²) >= 11 is 0. The maximum absolute atomic E-state index is 10.2. The molecule has 2 heterocycles. The third-order valence-electron chi connectivity index (χ3n) is 10.1. The normalized spacial score (nSPS) is 23.2. The standard InChI is InChI=1S/C39H41N2O/c1-25-9-22-35(41(3)24-25)36-26(2)10-20-33-34-21-19-32(23-40)37(39(34)42-38(33)36)31-17-15-30(16-18-31)29-13-11-28(12-14-29)27-7-5-4-6-8-27/h9-10,15-22,24,27-29H,4-8,11-14H2,1-3H3/q+1/i1D3,29D. The monoisotopic (exact) mass is 557 g/mol. The summed E-state index contributed by atoms with van der Waals surface area (Å²) in [7, 11) is 1.85. The summed E-state index contributed by atoms with van der Waals surface area (Å²) in [4.78, 5) is 0. The van der Waals surface area contributed by atoms with Crippen molar-refractivity contribution in [1.82, 2.24) is 0 Å². The number of nitrogens with zero attached hydrogens (tertiary/aromatic N) is 2. The fraction of sp³-hybridized carbons (Fsp3) is 0.385. The number of benzene rings is 3. The number of furan rings is 1. The fourth-order valence-corrected chi connectivity index (χ4v) is 7.79. The molecule has 7 rings (SSSR count). The Bertz CT molecular complexity index is 1970. The van der Waals surface area contributed by atoms with Crippen LogP contribution in [0, 0.1) is 36.9 Å². The van der Waals surface area contributed by atoms with E-state index in [1.807, 2.05) is 36.7 Å². The molecular weight excluding hydrogens is 512 g/mol. The van der Waals surface area contributed by atoms with E-state index < -0.39 is 12.7 Å². The average Bonchev–Trinajstić information content (AvgIpc) is 3.43. The van der Waals surface area contributed by atoms with Gasteiger partial charge in [0.05, 0.1) is 17.2 Å². The molecule has 5 aromatic rings. The van der Waals surface area contributed by atoms with Crippen molar-refractivity contribution >= 4 is 21.9 Å². The molecule has 2 aromatic heterocycles. The number of aryl methyl sites for hydroxylation is 3. The zero-order valence-corrected chi connectivity index (χ0v) is 24.7. The van der Waals surface area contributed by atoms with Gasteiger partial charge < -0.3 is 4.42 Å². The summed E-state index contributed by atoms with van der Waals surface area (Å²) in [5.41, 5.74) is 7.65. The topological polar surface area (TPSA) is 40.8 Å². The first-order valence-electron chi connectivity index (χ1n) is 17.6. The lowest BCUT2D eigenvalue weighted by Crippen LogP contribution is -2.31. The molecule has 0 unspecified atom stereocenters. The Morgan fingerprint density at radius 1 is 0.810 bits per heavy atom. The molecular formula is C39H41N2O+. The zero-order chi connectivity index (χ0) is 32.2. The van der Waals surface area contributed by atoms with Crippen LogP contribution in [0.1, 0.15) is 91.4 Å². The number of hydrogen-bond acceptors (Lipinski definition) is 2. The minimum Gasteiger partial charge on any atom is -0.454 e. The lowest BCUT2D eigenvalue weighted by Gasteiger charge is -2.36. The van der Waals surface area contributed by atoms with E-state index in [1.54, 1.807) is 12.3 Å². The summed E-state index contributed by atoms with van der Waals surface area (Å²) in [6.07, 6.45) is 12.6. The lowest BCUT2D eigenvalue weighted by molar-refractivity contribution is -0.660. The van der Waals surface area contributed by atoms with Gasteiger partial charge in [-0.3, -0.25) is 0 Å². The highest BCUT2D eigenvalue weighted by Crippen LogP contribution is 2.45. The Labute approximate surface area is 255 Å². The number of pyridine rings is 1. The maximum atomic E-state index is 10.2. The summed E-state index contributed by atoms with van der Waals surface area (Å²) in [5, 5.41) is 12.0. The molecule has 0 bridgehead atoms. The summed E-state index contributed by atoms with van der Waals surface area (Å²) in [6.45, 7) is -0.165. The van der Waals surface area contributed by atoms with E-state index in [1.165, 1.54) is 32.1 Å². The second kappa shape index (κ2) is 11.1. The minimum atomic E-state index is -2.19. The summed E-state index contributed by atoms with van der Waals surface area (Å²) in [6, 6.07) is 22.1. The minimum absolute atomic E-state index is 0.282.